The van der Waals surface area contributed by atoms with Crippen molar-refractivity contribution >= 4 is 5.78 Å². The van der Waals surface area contributed by atoms with Crippen molar-refractivity contribution in [3.05, 3.63) is 46.8 Å². The van der Waals surface area contributed by atoms with Crippen LogP contribution in [0.4, 0.5) is 0 Å². The number of rotatable bonds is 3. The minimum absolute atomic E-state index is 0.0120. The minimum atomic E-state index is -1.12. The number of carbonyl (C=O) groups is 1. The molecule has 1 aromatic carbocycles. The molecule has 0 saturated heterocycles. The lowest BCUT2D eigenvalue weighted by Gasteiger charge is -2.41. The molecule has 0 fully saturated rings. The van der Waals surface area contributed by atoms with Gasteiger partial charge in [0.2, 0.25) is 0 Å². The number of carbonyl (C=O) groups excluding carboxylic acids is 1. The molecule has 2 N–H and O–H groups in total. The van der Waals surface area contributed by atoms with Crippen molar-refractivity contribution in [3.8, 4) is 5.75 Å². The van der Waals surface area contributed by atoms with Gasteiger partial charge in [0.1, 0.15) is 11.5 Å². The Morgan fingerprint density at radius 1 is 1.39 bits per heavy atom. The third-order valence-electron chi connectivity index (χ3n) is 4.83. The maximum absolute atomic E-state index is 12.3. The average Bonchev–Trinajstić information content (AvgIpc) is 2.85. The third kappa shape index (κ3) is 2.55. The van der Waals surface area contributed by atoms with Gasteiger partial charge in [0.05, 0.1) is 24.3 Å². The van der Waals surface area contributed by atoms with Crippen LogP contribution < -0.4 is 4.74 Å². The number of benzene rings is 1. The fourth-order valence-corrected chi connectivity index (χ4v) is 3.85. The number of aromatic nitrogens is 2. The lowest BCUT2D eigenvalue weighted by Crippen LogP contribution is -2.48. The fourth-order valence-electron chi connectivity index (χ4n) is 3.85. The molecule has 0 spiro atoms. The molecular weight excluding hydrogens is 292 g/mol. The normalized spacial score (nSPS) is 26.7. The first-order valence-corrected chi connectivity index (χ1v) is 7.75. The zero-order chi connectivity index (χ0) is 16.8. The van der Waals surface area contributed by atoms with Gasteiger partial charge >= 0.3 is 0 Å². The number of H-pyrrole nitrogens is 1. The molecule has 1 aliphatic rings. The molecule has 0 amide bonds. The molecule has 5 nitrogen and oxygen atoms in total. The highest BCUT2D eigenvalue weighted by molar-refractivity contribution is 5.82. The number of hydrogen-bond acceptors (Lipinski definition) is 4. The maximum atomic E-state index is 12.3. The number of ether oxygens (including phenoxy) is 1. The van der Waals surface area contributed by atoms with E-state index in [1.165, 1.54) is 0 Å². The average molecular weight is 314 g/mol. The number of aromatic amines is 1. The van der Waals surface area contributed by atoms with Crippen LogP contribution in [0.15, 0.2) is 24.3 Å². The Kier molecular flexibility index (Phi) is 3.76. The van der Waals surface area contributed by atoms with Crippen molar-refractivity contribution < 1.29 is 14.6 Å². The molecule has 3 rings (SSSR count). The zero-order valence-corrected chi connectivity index (χ0v) is 13.9. The van der Waals surface area contributed by atoms with Crippen LogP contribution in [0, 0.1) is 12.8 Å². The summed E-state index contributed by atoms with van der Waals surface area (Å²) in [7, 11) is 1.62. The number of methoxy groups -OCH3 is 1. The van der Waals surface area contributed by atoms with Gasteiger partial charge < -0.3 is 9.84 Å². The summed E-state index contributed by atoms with van der Waals surface area (Å²) < 4.78 is 5.22. The molecule has 1 aliphatic carbocycles. The van der Waals surface area contributed by atoms with E-state index in [1.54, 1.807) is 21.0 Å². The molecule has 0 aliphatic heterocycles. The summed E-state index contributed by atoms with van der Waals surface area (Å²) in [4.78, 5) is 12.3. The van der Waals surface area contributed by atoms with Gasteiger partial charge in [-0.15, -0.1) is 0 Å². The van der Waals surface area contributed by atoms with Crippen LogP contribution in [-0.4, -0.2) is 33.8 Å². The summed E-state index contributed by atoms with van der Waals surface area (Å²) in [5, 5.41) is 18.2. The molecule has 23 heavy (non-hydrogen) atoms. The van der Waals surface area contributed by atoms with E-state index >= 15 is 0 Å². The summed E-state index contributed by atoms with van der Waals surface area (Å²) in [5.74, 6) is 0.0394. The number of aliphatic hydroxyl groups is 1. The van der Waals surface area contributed by atoms with E-state index in [0.717, 1.165) is 28.3 Å². The Morgan fingerprint density at radius 3 is 2.61 bits per heavy atom. The summed E-state index contributed by atoms with van der Waals surface area (Å²) in [5.41, 5.74) is 2.68. The van der Waals surface area contributed by atoms with Crippen LogP contribution in [0.3, 0.4) is 0 Å². The second-order valence-electron chi connectivity index (χ2n) is 6.58. The lowest BCUT2D eigenvalue weighted by atomic mass is 9.64. The Hall–Kier alpha value is -2.14. The second kappa shape index (κ2) is 5.49. The molecule has 1 aromatic heterocycles. The van der Waals surface area contributed by atoms with Crippen LogP contribution in [0.5, 0.6) is 5.75 Å². The maximum Gasteiger partial charge on any atom is 0.136 e. The lowest BCUT2D eigenvalue weighted by molar-refractivity contribution is -0.130. The highest BCUT2D eigenvalue weighted by Gasteiger charge is 2.48. The fraction of sp³-hybridized carbons (Fsp3) is 0.444. The molecular formula is C18H22N2O3. The number of aryl methyl sites for hydroxylation is 1. The van der Waals surface area contributed by atoms with E-state index in [2.05, 4.69) is 10.2 Å². The van der Waals surface area contributed by atoms with Crippen LogP contribution in [0.1, 0.15) is 42.3 Å². The molecule has 122 valence electrons. The smallest absolute Gasteiger partial charge is 0.136 e. The van der Waals surface area contributed by atoms with Gasteiger partial charge in [0, 0.05) is 23.6 Å². The van der Waals surface area contributed by atoms with Gasteiger partial charge in [-0.25, -0.2) is 0 Å². The predicted molar refractivity (Wildman–Crippen MR) is 86.7 cm³/mol. The van der Waals surface area contributed by atoms with Gasteiger partial charge in [0.15, 0.2) is 0 Å². The number of nitrogens with zero attached hydrogens (tertiary/aromatic N) is 1. The van der Waals surface area contributed by atoms with Gasteiger partial charge in [-0.1, -0.05) is 12.1 Å². The first kappa shape index (κ1) is 15.7. The standard InChI is InChI=1S/C18H22N2O3/c1-10-15-14(20-19-10)9-18(3,22)17(11(2)21)16(15)12-5-7-13(23-4)8-6-12/h5-8,16-17,22H,9H2,1-4H3,(H,19,20)/t16-,17+,18-/m0/s1. The number of nitrogens with one attached hydrogen (secondary N) is 1. The largest absolute Gasteiger partial charge is 0.497 e. The Labute approximate surface area is 135 Å². The van der Waals surface area contributed by atoms with Crippen molar-refractivity contribution in [2.75, 3.05) is 7.11 Å². The van der Waals surface area contributed by atoms with Gasteiger partial charge in [-0.2, -0.15) is 5.10 Å². The molecule has 0 radical (unpaired) electrons. The van der Waals surface area contributed by atoms with Crippen LogP contribution in [0.2, 0.25) is 0 Å². The van der Waals surface area contributed by atoms with Crippen LogP contribution in [-0.2, 0) is 11.2 Å². The number of Topliss-reactive ketones (excluding diaryl/α,β-unsaturated/α-hetero) is 1. The minimum Gasteiger partial charge on any atom is -0.497 e. The summed E-state index contributed by atoms with van der Waals surface area (Å²) >= 11 is 0. The molecule has 2 aromatic rings. The zero-order valence-electron chi connectivity index (χ0n) is 13.9. The van der Waals surface area contributed by atoms with Crippen LogP contribution >= 0.6 is 0 Å². The van der Waals surface area contributed by atoms with Gasteiger partial charge in [-0.3, -0.25) is 9.89 Å². The highest BCUT2D eigenvalue weighted by atomic mass is 16.5. The predicted octanol–water partition coefficient (Wildman–Crippen LogP) is 2.37. The summed E-state index contributed by atoms with van der Waals surface area (Å²) in [6.45, 7) is 5.23. The molecule has 0 bridgehead atoms. The number of hydrogen-bond donors (Lipinski definition) is 2. The van der Waals surface area contributed by atoms with E-state index in [9.17, 15) is 9.90 Å². The second-order valence-corrected chi connectivity index (χ2v) is 6.58. The van der Waals surface area contributed by atoms with Crippen molar-refractivity contribution in [3.63, 3.8) is 0 Å². The Morgan fingerprint density at radius 2 is 2.04 bits per heavy atom. The highest BCUT2D eigenvalue weighted by Crippen LogP contribution is 2.46. The topological polar surface area (TPSA) is 75.2 Å². The van der Waals surface area contributed by atoms with Crippen molar-refractivity contribution in [2.45, 2.75) is 38.7 Å². The van der Waals surface area contributed by atoms with Gasteiger partial charge in [-0.05, 0) is 38.5 Å². The molecule has 3 atom stereocenters. The third-order valence-corrected chi connectivity index (χ3v) is 4.83. The van der Waals surface area contributed by atoms with E-state index in [-0.39, 0.29) is 11.7 Å². The molecule has 5 heteroatoms. The monoisotopic (exact) mass is 314 g/mol. The summed E-state index contributed by atoms with van der Waals surface area (Å²) in [6.07, 6.45) is 0.379. The number of ketones is 1. The van der Waals surface area contributed by atoms with Crippen molar-refractivity contribution in [1.82, 2.24) is 10.2 Å². The molecule has 0 unspecified atom stereocenters. The first-order chi connectivity index (χ1) is 10.8. The Bertz CT molecular complexity index is 731. The van der Waals surface area contributed by atoms with Crippen molar-refractivity contribution in [2.24, 2.45) is 5.92 Å². The van der Waals surface area contributed by atoms with E-state index in [0.29, 0.717) is 6.42 Å². The SMILES string of the molecule is COc1ccc([C@H]2c3c(n[nH]c3C)C[C@](C)(O)[C@@H]2C(C)=O)cc1. The number of fused-ring (bicyclic) bond motifs is 1. The van der Waals surface area contributed by atoms with Crippen LogP contribution in [0.25, 0.3) is 0 Å². The van der Waals surface area contributed by atoms with E-state index in [4.69, 9.17) is 4.74 Å². The van der Waals surface area contributed by atoms with Gasteiger partial charge in [0.25, 0.3) is 0 Å². The van der Waals surface area contributed by atoms with Crippen molar-refractivity contribution in [1.29, 1.82) is 0 Å². The first-order valence-electron chi connectivity index (χ1n) is 7.75. The van der Waals surface area contributed by atoms with E-state index in [1.807, 2.05) is 31.2 Å². The molecule has 0 saturated carbocycles. The molecule has 1 heterocycles. The Balaban J connectivity index is 2.19. The van der Waals surface area contributed by atoms with E-state index < -0.39 is 11.5 Å². The summed E-state index contributed by atoms with van der Waals surface area (Å²) in [6, 6.07) is 7.67. The quantitative estimate of drug-likeness (QED) is 0.912.